The molecule has 0 radical (unpaired) electrons. The van der Waals surface area contributed by atoms with Gasteiger partial charge in [-0.3, -0.25) is 0 Å². The third kappa shape index (κ3) is 3.93. The lowest BCUT2D eigenvalue weighted by molar-refractivity contribution is 0.233. The zero-order valence-electron chi connectivity index (χ0n) is 12.0. The van der Waals surface area contributed by atoms with Gasteiger partial charge in [-0.05, 0) is 50.4 Å². The molecule has 1 fully saturated rings. The van der Waals surface area contributed by atoms with Crippen molar-refractivity contribution >= 4 is 17.3 Å². The van der Waals surface area contributed by atoms with Crippen molar-refractivity contribution in [3.63, 3.8) is 0 Å². The fourth-order valence-corrected chi connectivity index (χ4v) is 2.99. The van der Waals surface area contributed by atoms with Crippen LogP contribution in [0.3, 0.4) is 0 Å². The zero-order valence-corrected chi connectivity index (χ0v) is 12.8. The largest absolute Gasteiger partial charge is 0.358 e. The lowest BCUT2D eigenvalue weighted by Crippen LogP contribution is -2.48. The minimum absolute atomic E-state index is 0.631. The Morgan fingerprint density at radius 2 is 2.05 bits per heavy atom. The van der Waals surface area contributed by atoms with Crippen molar-refractivity contribution in [2.24, 2.45) is 0 Å². The Morgan fingerprint density at radius 1 is 1.32 bits per heavy atom. The van der Waals surface area contributed by atoms with Crippen molar-refractivity contribution < 1.29 is 0 Å². The molecule has 1 atom stereocenters. The zero-order chi connectivity index (χ0) is 13.7. The maximum absolute atomic E-state index is 5.56. The van der Waals surface area contributed by atoms with Gasteiger partial charge in [0.15, 0.2) is 5.11 Å². The molecular formula is C16H24N2S. The van der Waals surface area contributed by atoms with E-state index >= 15 is 0 Å². The molecule has 0 aromatic heterocycles. The van der Waals surface area contributed by atoms with Crippen molar-refractivity contribution in [1.82, 2.24) is 10.2 Å². The van der Waals surface area contributed by atoms with Gasteiger partial charge in [0.2, 0.25) is 0 Å². The van der Waals surface area contributed by atoms with Crippen molar-refractivity contribution in [2.45, 2.75) is 52.1 Å². The van der Waals surface area contributed by atoms with Crippen LogP contribution in [0.5, 0.6) is 0 Å². The number of piperidine rings is 1. The van der Waals surface area contributed by atoms with E-state index in [1.54, 1.807) is 0 Å². The number of benzene rings is 1. The van der Waals surface area contributed by atoms with E-state index in [9.17, 15) is 0 Å². The van der Waals surface area contributed by atoms with Crippen LogP contribution in [0.4, 0.5) is 0 Å². The summed E-state index contributed by atoms with van der Waals surface area (Å²) in [4.78, 5) is 2.38. The van der Waals surface area contributed by atoms with Gasteiger partial charge < -0.3 is 10.2 Å². The minimum Gasteiger partial charge on any atom is -0.358 e. The molecule has 1 heterocycles. The highest BCUT2D eigenvalue weighted by Crippen LogP contribution is 2.19. The van der Waals surface area contributed by atoms with Gasteiger partial charge in [-0.1, -0.05) is 36.8 Å². The van der Waals surface area contributed by atoms with E-state index in [4.69, 9.17) is 12.2 Å². The Kier molecular flexibility index (Phi) is 5.20. The Hall–Kier alpha value is -1.09. The highest BCUT2D eigenvalue weighted by molar-refractivity contribution is 7.80. The van der Waals surface area contributed by atoms with Crippen molar-refractivity contribution in [3.05, 3.63) is 35.4 Å². The number of hydrogen-bond donors (Lipinski definition) is 1. The Labute approximate surface area is 122 Å². The number of hydrogen-bond acceptors (Lipinski definition) is 1. The average Bonchev–Trinajstić information content (AvgIpc) is 2.46. The van der Waals surface area contributed by atoms with Crippen molar-refractivity contribution in [3.8, 4) is 0 Å². The molecular weight excluding hydrogens is 252 g/mol. The first kappa shape index (κ1) is 14.3. The van der Waals surface area contributed by atoms with Crippen LogP contribution < -0.4 is 5.32 Å². The standard InChI is InChI=1S/C16H24N2S/c1-3-15-6-4-5-11-18(15)16(19)17-12-14-9-7-13(2)8-10-14/h7-10,15H,3-6,11-12H2,1-2H3,(H,17,19). The third-order valence-corrected chi connectivity index (χ3v) is 4.30. The van der Waals surface area contributed by atoms with Crippen LogP contribution in [0.25, 0.3) is 0 Å². The van der Waals surface area contributed by atoms with Gasteiger partial charge >= 0.3 is 0 Å². The second kappa shape index (κ2) is 6.90. The lowest BCUT2D eigenvalue weighted by Gasteiger charge is -2.37. The van der Waals surface area contributed by atoms with Crippen molar-refractivity contribution in [2.75, 3.05) is 6.54 Å². The molecule has 0 spiro atoms. The summed E-state index contributed by atoms with van der Waals surface area (Å²) in [5.41, 5.74) is 2.59. The van der Waals surface area contributed by atoms with Gasteiger partial charge in [0.1, 0.15) is 0 Å². The van der Waals surface area contributed by atoms with Crippen LogP contribution >= 0.6 is 12.2 Å². The predicted octanol–water partition coefficient (Wildman–Crippen LogP) is 3.63. The molecule has 1 aliphatic heterocycles. The van der Waals surface area contributed by atoms with E-state index in [1.165, 1.54) is 36.8 Å². The summed E-state index contributed by atoms with van der Waals surface area (Å²) >= 11 is 5.56. The van der Waals surface area contributed by atoms with E-state index in [0.717, 1.165) is 18.2 Å². The molecule has 0 amide bonds. The normalized spacial score (nSPS) is 19.3. The van der Waals surface area contributed by atoms with E-state index in [0.29, 0.717) is 6.04 Å². The van der Waals surface area contributed by atoms with Gasteiger partial charge in [0, 0.05) is 19.1 Å². The number of thiocarbonyl (C=S) groups is 1. The fourth-order valence-electron chi connectivity index (χ4n) is 2.68. The fraction of sp³-hybridized carbons (Fsp3) is 0.562. The molecule has 0 aliphatic carbocycles. The summed E-state index contributed by atoms with van der Waals surface area (Å²) < 4.78 is 0. The van der Waals surface area contributed by atoms with E-state index in [2.05, 4.69) is 48.3 Å². The van der Waals surface area contributed by atoms with E-state index in [-0.39, 0.29) is 0 Å². The first-order chi connectivity index (χ1) is 9.20. The predicted molar refractivity (Wildman–Crippen MR) is 85.3 cm³/mol. The average molecular weight is 276 g/mol. The molecule has 19 heavy (non-hydrogen) atoms. The number of aryl methyl sites for hydroxylation is 1. The number of rotatable bonds is 3. The molecule has 2 rings (SSSR count). The quantitative estimate of drug-likeness (QED) is 0.849. The first-order valence-corrected chi connectivity index (χ1v) is 7.71. The molecule has 0 bridgehead atoms. The first-order valence-electron chi connectivity index (χ1n) is 7.30. The number of likely N-dealkylation sites (tertiary alicyclic amines) is 1. The molecule has 104 valence electrons. The van der Waals surface area contributed by atoms with E-state index in [1.807, 2.05) is 0 Å². The SMILES string of the molecule is CCC1CCCCN1C(=S)NCc1ccc(C)cc1. The second-order valence-electron chi connectivity index (χ2n) is 5.40. The maximum Gasteiger partial charge on any atom is 0.169 e. The van der Waals surface area contributed by atoms with Crippen LogP contribution in [0.2, 0.25) is 0 Å². The molecule has 1 unspecified atom stereocenters. The van der Waals surface area contributed by atoms with Gasteiger partial charge in [0.05, 0.1) is 0 Å². The summed E-state index contributed by atoms with van der Waals surface area (Å²) in [5.74, 6) is 0. The van der Waals surface area contributed by atoms with Crippen LogP contribution in [-0.2, 0) is 6.54 Å². The third-order valence-electron chi connectivity index (χ3n) is 3.92. The molecule has 3 heteroatoms. The lowest BCUT2D eigenvalue weighted by atomic mass is 10.0. The molecule has 1 N–H and O–H groups in total. The molecule has 2 nitrogen and oxygen atoms in total. The van der Waals surface area contributed by atoms with Gasteiger partial charge in [-0.2, -0.15) is 0 Å². The Balaban J connectivity index is 1.87. The van der Waals surface area contributed by atoms with Crippen LogP contribution in [0, 0.1) is 6.92 Å². The molecule has 1 aliphatic rings. The summed E-state index contributed by atoms with van der Waals surface area (Å²) in [6.07, 6.45) is 5.08. The number of nitrogens with one attached hydrogen (secondary N) is 1. The summed E-state index contributed by atoms with van der Waals surface area (Å²) in [6.45, 7) is 6.30. The Bertz CT molecular complexity index is 413. The van der Waals surface area contributed by atoms with Gasteiger partial charge in [0.25, 0.3) is 0 Å². The van der Waals surface area contributed by atoms with Crippen molar-refractivity contribution in [1.29, 1.82) is 0 Å². The number of nitrogens with zero attached hydrogens (tertiary/aromatic N) is 1. The smallest absolute Gasteiger partial charge is 0.169 e. The summed E-state index contributed by atoms with van der Waals surface area (Å²) in [5, 5.41) is 4.33. The summed E-state index contributed by atoms with van der Waals surface area (Å²) in [6, 6.07) is 9.26. The van der Waals surface area contributed by atoms with Gasteiger partial charge in [-0.15, -0.1) is 0 Å². The second-order valence-corrected chi connectivity index (χ2v) is 5.78. The maximum atomic E-state index is 5.56. The van der Waals surface area contributed by atoms with Gasteiger partial charge in [-0.25, -0.2) is 0 Å². The highest BCUT2D eigenvalue weighted by Gasteiger charge is 2.22. The summed E-state index contributed by atoms with van der Waals surface area (Å²) in [7, 11) is 0. The monoisotopic (exact) mass is 276 g/mol. The molecule has 0 saturated carbocycles. The van der Waals surface area contributed by atoms with Crippen LogP contribution in [0.15, 0.2) is 24.3 Å². The molecule has 1 aromatic carbocycles. The van der Waals surface area contributed by atoms with Crippen LogP contribution in [0.1, 0.15) is 43.7 Å². The minimum atomic E-state index is 0.631. The topological polar surface area (TPSA) is 15.3 Å². The molecule has 1 aromatic rings. The Morgan fingerprint density at radius 3 is 2.74 bits per heavy atom. The van der Waals surface area contributed by atoms with Crippen LogP contribution in [-0.4, -0.2) is 22.6 Å². The van der Waals surface area contributed by atoms with E-state index < -0.39 is 0 Å². The highest BCUT2D eigenvalue weighted by atomic mass is 32.1. The molecule has 1 saturated heterocycles.